The second kappa shape index (κ2) is 8.46. The highest BCUT2D eigenvalue weighted by Crippen LogP contribution is 2.20. The summed E-state index contributed by atoms with van der Waals surface area (Å²) in [4.78, 5) is 14.6. The lowest BCUT2D eigenvalue weighted by Gasteiger charge is -2.35. The van der Waals surface area contributed by atoms with Crippen LogP contribution in [0, 0.1) is 5.92 Å². The van der Waals surface area contributed by atoms with Crippen LogP contribution in [-0.4, -0.2) is 49.7 Å². The summed E-state index contributed by atoms with van der Waals surface area (Å²) >= 11 is 0. The monoisotopic (exact) mass is 316 g/mol. The average molecular weight is 316 g/mol. The molecule has 1 amide bonds. The zero-order valence-corrected chi connectivity index (χ0v) is 13.9. The first kappa shape index (κ1) is 16.5. The van der Waals surface area contributed by atoms with E-state index >= 15 is 0 Å². The predicted molar refractivity (Wildman–Crippen MR) is 91.3 cm³/mol. The van der Waals surface area contributed by atoms with E-state index in [0.29, 0.717) is 18.5 Å². The average Bonchev–Trinajstić information content (AvgIpc) is 3.09. The number of carbonyl (C=O) groups excluding carboxylic acids is 1. The van der Waals surface area contributed by atoms with E-state index in [1.807, 2.05) is 0 Å². The van der Waals surface area contributed by atoms with Gasteiger partial charge >= 0.3 is 0 Å². The highest BCUT2D eigenvalue weighted by atomic mass is 16.5. The van der Waals surface area contributed by atoms with Gasteiger partial charge in [0, 0.05) is 25.1 Å². The molecular weight excluding hydrogens is 288 g/mol. The number of likely N-dealkylation sites (tertiary alicyclic amines) is 1. The molecule has 1 aromatic carbocycles. The SMILES string of the molecule is O=C(CN1CCCC[C@@H]1Cc1ccccc1)NC[C@H]1CCOC1. The minimum Gasteiger partial charge on any atom is -0.381 e. The standard InChI is InChI=1S/C19H28N2O2/c22-19(20-13-17-9-11-23-15-17)14-21-10-5-4-8-18(21)12-16-6-2-1-3-7-16/h1-3,6-7,17-18H,4-5,8-15H2,(H,20,22)/t17-,18-/m1/s1. The van der Waals surface area contributed by atoms with Gasteiger partial charge in [-0.05, 0) is 37.8 Å². The molecule has 1 N–H and O–H groups in total. The van der Waals surface area contributed by atoms with Crippen LogP contribution in [0.3, 0.4) is 0 Å². The molecule has 0 aliphatic carbocycles. The molecule has 3 rings (SSSR count). The van der Waals surface area contributed by atoms with Gasteiger partial charge < -0.3 is 10.1 Å². The maximum absolute atomic E-state index is 12.3. The maximum atomic E-state index is 12.3. The molecule has 2 aliphatic rings. The van der Waals surface area contributed by atoms with Crippen molar-refractivity contribution in [3.63, 3.8) is 0 Å². The first-order valence-corrected chi connectivity index (χ1v) is 8.93. The van der Waals surface area contributed by atoms with Crippen LogP contribution < -0.4 is 5.32 Å². The molecule has 0 radical (unpaired) electrons. The van der Waals surface area contributed by atoms with Gasteiger partial charge in [0.1, 0.15) is 0 Å². The maximum Gasteiger partial charge on any atom is 0.234 e. The van der Waals surface area contributed by atoms with Crippen molar-refractivity contribution in [2.75, 3.05) is 32.8 Å². The molecule has 126 valence electrons. The largest absolute Gasteiger partial charge is 0.381 e. The normalized spacial score (nSPS) is 25.4. The molecule has 2 saturated heterocycles. The van der Waals surface area contributed by atoms with Gasteiger partial charge in [0.2, 0.25) is 5.91 Å². The third-order valence-corrected chi connectivity index (χ3v) is 5.02. The summed E-state index contributed by atoms with van der Waals surface area (Å²) in [5, 5.41) is 3.10. The van der Waals surface area contributed by atoms with Gasteiger partial charge in [-0.3, -0.25) is 9.69 Å². The number of nitrogens with zero attached hydrogens (tertiary/aromatic N) is 1. The van der Waals surface area contributed by atoms with Crippen LogP contribution in [0.1, 0.15) is 31.2 Å². The fourth-order valence-corrected chi connectivity index (χ4v) is 3.63. The van der Waals surface area contributed by atoms with Gasteiger partial charge in [-0.25, -0.2) is 0 Å². The van der Waals surface area contributed by atoms with E-state index in [9.17, 15) is 4.79 Å². The third kappa shape index (κ3) is 5.05. The molecule has 4 heteroatoms. The zero-order valence-electron chi connectivity index (χ0n) is 13.9. The summed E-state index contributed by atoms with van der Waals surface area (Å²) < 4.78 is 5.36. The summed E-state index contributed by atoms with van der Waals surface area (Å²) in [5.41, 5.74) is 1.37. The molecule has 23 heavy (non-hydrogen) atoms. The number of benzene rings is 1. The van der Waals surface area contributed by atoms with Crippen LogP contribution in [0.4, 0.5) is 0 Å². The van der Waals surface area contributed by atoms with Crippen molar-refractivity contribution in [2.24, 2.45) is 5.92 Å². The Morgan fingerprint density at radius 1 is 1.22 bits per heavy atom. The van der Waals surface area contributed by atoms with Crippen LogP contribution in [0.5, 0.6) is 0 Å². The van der Waals surface area contributed by atoms with E-state index in [1.54, 1.807) is 0 Å². The number of nitrogens with one attached hydrogen (secondary N) is 1. The highest BCUT2D eigenvalue weighted by Gasteiger charge is 2.25. The topological polar surface area (TPSA) is 41.6 Å². The van der Waals surface area contributed by atoms with Gasteiger partial charge in [0.05, 0.1) is 13.2 Å². The second-order valence-electron chi connectivity index (χ2n) is 6.84. The number of hydrogen-bond donors (Lipinski definition) is 1. The van der Waals surface area contributed by atoms with Crippen molar-refractivity contribution in [2.45, 2.75) is 38.1 Å². The van der Waals surface area contributed by atoms with E-state index in [4.69, 9.17) is 4.74 Å². The Hall–Kier alpha value is -1.39. The third-order valence-electron chi connectivity index (χ3n) is 5.02. The lowest BCUT2D eigenvalue weighted by atomic mass is 9.95. The molecule has 1 aromatic rings. The molecule has 2 fully saturated rings. The Morgan fingerprint density at radius 3 is 2.87 bits per heavy atom. The first-order chi connectivity index (χ1) is 11.3. The summed E-state index contributed by atoms with van der Waals surface area (Å²) in [6, 6.07) is 11.1. The van der Waals surface area contributed by atoms with Gasteiger partial charge in [0.25, 0.3) is 0 Å². The van der Waals surface area contributed by atoms with E-state index in [0.717, 1.165) is 39.1 Å². The minimum atomic E-state index is 0.164. The molecule has 0 spiro atoms. The minimum absolute atomic E-state index is 0.164. The van der Waals surface area contributed by atoms with Crippen molar-refractivity contribution in [1.29, 1.82) is 0 Å². The smallest absolute Gasteiger partial charge is 0.234 e. The van der Waals surface area contributed by atoms with Crippen molar-refractivity contribution < 1.29 is 9.53 Å². The van der Waals surface area contributed by atoms with Gasteiger partial charge in [-0.15, -0.1) is 0 Å². The number of amides is 1. The summed E-state index contributed by atoms with van der Waals surface area (Å²) in [6.45, 7) is 3.96. The fraction of sp³-hybridized carbons (Fsp3) is 0.632. The number of hydrogen-bond acceptors (Lipinski definition) is 3. The van der Waals surface area contributed by atoms with Gasteiger partial charge in [-0.2, -0.15) is 0 Å². The second-order valence-corrected chi connectivity index (χ2v) is 6.84. The van der Waals surface area contributed by atoms with E-state index in [-0.39, 0.29) is 5.91 Å². The molecule has 4 nitrogen and oxygen atoms in total. The van der Waals surface area contributed by atoms with E-state index in [2.05, 4.69) is 40.5 Å². The lowest BCUT2D eigenvalue weighted by Crippen LogP contribution is -2.47. The van der Waals surface area contributed by atoms with Crippen LogP contribution in [0.15, 0.2) is 30.3 Å². The van der Waals surface area contributed by atoms with Crippen molar-refractivity contribution in [3.8, 4) is 0 Å². The fourth-order valence-electron chi connectivity index (χ4n) is 3.63. The van der Waals surface area contributed by atoms with Crippen LogP contribution in [0.2, 0.25) is 0 Å². The molecule has 2 atom stereocenters. The molecule has 0 bridgehead atoms. The Kier molecular flexibility index (Phi) is 6.06. The molecule has 0 aromatic heterocycles. The number of ether oxygens (including phenoxy) is 1. The molecule has 0 unspecified atom stereocenters. The quantitative estimate of drug-likeness (QED) is 0.875. The van der Waals surface area contributed by atoms with Crippen molar-refractivity contribution in [1.82, 2.24) is 10.2 Å². The summed E-state index contributed by atoms with van der Waals surface area (Å²) in [5.74, 6) is 0.664. The highest BCUT2D eigenvalue weighted by molar-refractivity contribution is 5.78. The van der Waals surface area contributed by atoms with Crippen molar-refractivity contribution >= 4 is 5.91 Å². The Morgan fingerprint density at radius 2 is 2.09 bits per heavy atom. The van der Waals surface area contributed by atoms with Gasteiger partial charge in [-0.1, -0.05) is 36.8 Å². The summed E-state index contributed by atoms with van der Waals surface area (Å²) in [6.07, 6.45) is 5.79. The Labute approximate surface area is 139 Å². The van der Waals surface area contributed by atoms with Crippen LogP contribution >= 0.6 is 0 Å². The molecule has 2 heterocycles. The molecular formula is C19H28N2O2. The number of rotatable bonds is 6. The van der Waals surface area contributed by atoms with E-state index < -0.39 is 0 Å². The van der Waals surface area contributed by atoms with Gasteiger partial charge in [0.15, 0.2) is 0 Å². The van der Waals surface area contributed by atoms with E-state index in [1.165, 1.54) is 24.8 Å². The Balaban J connectivity index is 1.48. The van der Waals surface area contributed by atoms with Crippen LogP contribution in [-0.2, 0) is 16.0 Å². The predicted octanol–water partition coefficient (Wildman–Crippen LogP) is 2.24. The molecule has 2 aliphatic heterocycles. The Bertz CT molecular complexity index is 485. The van der Waals surface area contributed by atoms with Crippen LogP contribution in [0.25, 0.3) is 0 Å². The number of piperidine rings is 1. The lowest BCUT2D eigenvalue weighted by molar-refractivity contribution is -0.123. The zero-order chi connectivity index (χ0) is 15.9. The number of carbonyl (C=O) groups is 1. The molecule has 0 saturated carbocycles. The summed E-state index contributed by atoms with van der Waals surface area (Å²) in [7, 11) is 0. The first-order valence-electron chi connectivity index (χ1n) is 8.93. The van der Waals surface area contributed by atoms with Crippen molar-refractivity contribution in [3.05, 3.63) is 35.9 Å².